The number of halogens is 1. The van der Waals surface area contributed by atoms with Crippen molar-refractivity contribution in [2.24, 2.45) is 0 Å². The maximum atomic E-state index is 14.9. The topological polar surface area (TPSA) is 112 Å². The summed E-state index contributed by atoms with van der Waals surface area (Å²) in [5.41, 5.74) is 0.200. The molecule has 4 rings (SSSR count). The van der Waals surface area contributed by atoms with Gasteiger partial charge in [-0.15, -0.1) is 21.5 Å². The van der Waals surface area contributed by atoms with E-state index in [0.29, 0.717) is 22.2 Å². The quantitative estimate of drug-likeness (QED) is 0.654. The van der Waals surface area contributed by atoms with Gasteiger partial charge in [-0.3, -0.25) is 5.41 Å². The Hall–Kier alpha value is -2.79. The Kier molecular flexibility index (Phi) is 4.46. The summed E-state index contributed by atoms with van der Waals surface area (Å²) in [7, 11) is -2.42. The molecule has 152 valence electrons. The highest BCUT2D eigenvalue weighted by Gasteiger charge is 2.44. The fraction of sp³-hybridized carbons (Fsp3) is 0.278. The lowest BCUT2D eigenvalue weighted by molar-refractivity contribution is 0.411. The Morgan fingerprint density at radius 2 is 2.03 bits per heavy atom. The number of nitrogens with one attached hydrogen (secondary N) is 2. The van der Waals surface area contributed by atoms with Gasteiger partial charge in [0.1, 0.15) is 5.82 Å². The maximum absolute atomic E-state index is 14.9. The summed E-state index contributed by atoms with van der Waals surface area (Å²) in [6.45, 7) is 3.28. The number of nitrogens with zero attached hydrogens (tertiary/aromatic N) is 3. The SMILES string of the molecule is Cc1nnc(-c2cccc(-c3cc(F)c([C@]4(C)CS(=O)(=O)N(C)C(=N)N4)s3)c2)o1. The summed E-state index contributed by atoms with van der Waals surface area (Å²) in [6.07, 6.45) is 0. The molecular formula is C18H18FN5O3S2. The molecule has 0 bridgehead atoms. The highest BCUT2D eigenvalue weighted by Crippen LogP contribution is 2.39. The smallest absolute Gasteiger partial charge is 0.247 e. The normalized spacial score (nSPS) is 21.2. The summed E-state index contributed by atoms with van der Waals surface area (Å²) in [4.78, 5) is 0.856. The zero-order valence-corrected chi connectivity index (χ0v) is 17.5. The lowest BCUT2D eigenvalue weighted by Crippen LogP contribution is -2.60. The van der Waals surface area contributed by atoms with Crippen molar-refractivity contribution in [1.29, 1.82) is 5.41 Å². The molecule has 0 radical (unpaired) electrons. The van der Waals surface area contributed by atoms with Gasteiger partial charge in [0.25, 0.3) is 0 Å². The van der Waals surface area contributed by atoms with Gasteiger partial charge in [0.15, 0.2) is 0 Å². The van der Waals surface area contributed by atoms with Crippen molar-refractivity contribution >= 4 is 27.3 Å². The van der Waals surface area contributed by atoms with Crippen molar-refractivity contribution in [3.05, 3.63) is 46.9 Å². The monoisotopic (exact) mass is 435 g/mol. The Morgan fingerprint density at radius 1 is 1.31 bits per heavy atom. The third-order valence-electron chi connectivity index (χ3n) is 4.71. The average molecular weight is 436 g/mol. The average Bonchev–Trinajstić information content (AvgIpc) is 3.26. The fourth-order valence-electron chi connectivity index (χ4n) is 3.21. The first-order chi connectivity index (χ1) is 13.6. The Bertz CT molecular complexity index is 1220. The van der Waals surface area contributed by atoms with E-state index in [-0.39, 0.29) is 16.6 Å². The molecule has 1 aliphatic heterocycles. The number of sulfonamides is 1. The van der Waals surface area contributed by atoms with E-state index >= 15 is 0 Å². The second kappa shape index (κ2) is 6.63. The Balaban J connectivity index is 1.73. The van der Waals surface area contributed by atoms with Crippen LogP contribution in [0, 0.1) is 18.2 Å². The molecule has 0 unspecified atom stereocenters. The number of guanidine groups is 1. The molecule has 0 spiro atoms. The van der Waals surface area contributed by atoms with Gasteiger partial charge in [-0.25, -0.2) is 17.1 Å². The van der Waals surface area contributed by atoms with E-state index in [1.165, 1.54) is 13.1 Å². The molecule has 1 aliphatic rings. The van der Waals surface area contributed by atoms with E-state index in [0.717, 1.165) is 21.2 Å². The second-order valence-corrected chi connectivity index (χ2v) is 10.1. The first kappa shape index (κ1) is 19.5. The van der Waals surface area contributed by atoms with Crippen LogP contribution in [0.2, 0.25) is 0 Å². The number of aromatic nitrogens is 2. The lowest BCUT2D eigenvalue weighted by atomic mass is 10.0. The van der Waals surface area contributed by atoms with Crippen LogP contribution in [0.4, 0.5) is 4.39 Å². The highest BCUT2D eigenvalue weighted by atomic mass is 32.2. The standard InChI is InChI=1S/C18H18FN5O3S2/c1-10-22-23-16(27-10)12-6-4-5-11(7-12)14-8-13(19)15(28-14)18(2)9-29(25,26)24(3)17(20)21-18/h4-8H,9H2,1-3H3,(H2,20,21)/t18-/m0/s1. The number of aryl methyl sites for hydroxylation is 1. The van der Waals surface area contributed by atoms with Crippen LogP contribution in [0.25, 0.3) is 21.9 Å². The molecule has 8 nitrogen and oxygen atoms in total. The third-order valence-corrected chi connectivity index (χ3v) is 8.09. The number of hydrogen-bond acceptors (Lipinski definition) is 7. The molecule has 1 fully saturated rings. The molecule has 2 aromatic heterocycles. The predicted molar refractivity (Wildman–Crippen MR) is 108 cm³/mol. The van der Waals surface area contributed by atoms with Gasteiger partial charge < -0.3 is 9.73 Å². The zero-order chi connectivity index (χ0) is 21.0. The van der Waals surface area contributed by atoms with Gasteiger partial charge in [-0.05, 0) is 30.7 Å². The summed E-state index contributed by atoms with van der Waals surface area (Å²) in [5.74, 6) is -0.352. The van der Waals surface area contributed by atoms with Crippen LogP contribution < -0.4 is 5.32 Å². The molecule has 2 N–H and O–H groups in total. The van der Waals surface area contributed by atoms with Crippen LogP contribution in [0.3, 0.4) is 0 Å². The largest absolute Gasteiger partial charge is 0.421 e. The first-order valence-electron chi connectivity index (χ1n) is 8.63. The van der Waals surface area contributed by atoms with Gasteiger partial charge in [-0.1, -0.05) is 12.1 Å². The van der Waals surface area contributed by atoms with E-state index < -0.39 is 21.4 Å². The van der Waals surface area contributed by atoms with Crippen molar-refractivity contribution in [2.75, 3.05) is 12.8 Å². The summed E-state index contributed by atoms with van der Waals surface area (Å²) >= 11 is 1.15. The Labute approximate surface area is 170 Å². The van der Waals surface area contributed by atoms with Crippen LogP contribution in [-0.2, 0) is 15.6 Å². The number of benzene rings is 1. The summed E-state index contributed by atoms with van der Waals surface area (Å²) in [6, 6.07) is 8.63. The van der Waals surface area contributed by atoms with E-state index in [9.17, 15) is 12.8 Å². The molecule has 0 amide bonds. The van der Waals surface area contributed by atoms with Crippen molar-refractivity contribution in [1.82, 2.24) is 19.8 Å². The van der Waals surface area contributed by atoms with Crippen molar-refractivity contribution < 1.29 is 17.2 Å². The maximum Gasteiger partial charge on any atom is 0.247 e. The highest BCUT2D eigenvalue weighted by molar-refractivity contribution is 7.89. The van der Waals surface area contributed by atoms with E-state index in [1.807, 2.05) is 18.2 Å². The minimum absolute atomic E-state index is 0.230. The second-order valence-electron chi connectivity index (χ2n) is 7.02. The minimum atomic E-state index is -3.72. The Morgan fingerprint density at radius 3 is 2.69 bits per heavy atom. The van der Waals surface area contributed by atoms with E-state index in [4.69, 9.17) is 9.83 Å². The predicted octanol–water partition coefficient (Wildman–Crippen LogP) is 2.93. The number of rotatable bonds is 3. The molecule has 1 saturated heterocycles. The van der Waals surface area contributed by atoms with Crippen LogP contribution in [0.1, 0.15) is 17.7 Å². The van der Waals surface area contributed by atoms with Crippen LogP contribution in [-0.4, -0.2) is 41.7 Å². The van der Waals surface area contributed by atoms with E-state index in [2.05, 4.69) is 15.5 Å². The molecule has 3 heterocycles. The first-order valence-corrected chi connectivity index (χ1v) is 11.1. The zero-order valence-electron chi connectivity index (χ0n) is 15.9. The molecule has 29 heavy (non-hydrogen) atoms. The molecule has 0 saturated carbocycles. The molecular weight excluding hydrogens is 417 g/mol. The van der Waals surface area contributed by atoms with E-state index in [1.54, 1.807) is 19.9 Å². The van der Waals surface area contributed by atoms with Gasteiger partial charge in [-0.2, -0.15) is 0 Å². The van der Waals surface area contributed by atoms with Crippen molar-refractivity contribution in [2.45, 2.75) is 19.4 Å². The number of thiophene rings is 1. The fourth-order valence-corrected chi connectivity index (χ4v) is 5.89. The molecule has 3 aromatic rings. The van der Waals surface area contributed by atoms with Crippen LogP contribution >= 0.6 is 11.3 Å². The third kappa shape index (κ3) is 3.40. The van der Waals surface area contributed by atoms with Crippen LogP contribution in [0.5, 0.6) is 0 Å². The molecule has 1 atom stereocenters. The van der Waals surface area contributed by atoms with Gasteiger partial charge >= 0.3 is 0 Å². The van der Waals surface area contributed by atoms with Crippen molar-refractivity contribution in [3.63, 3.8) is 0 Å². The van der Waals surface area contributed by atoms with Gasteiger partial charge in [0, 0.05) is 24.4 Å². The van der Waals surface area contributed by atoms with Crippen molar-refractivity contribution in [3.8, 4) is 21.9 Å². The number of hydrogen-bond donors (Lipinski definition) is 2. The molecule has 0 aliphatic carbocycles. The summed E-state index contributed by atoms with van der Waals surface area (Å²) < 4.78 is 45.9. The van der Waals surface area contributed by atoms with Crippen LogP contribution in [0.15, 0.2) is 34.7 Å². The van der Waals surface area contributed by atoms with Gasteiger partial charge in [0.05, 0.1) is 16.2 Å². The summed E-state index contributed by atoms with van der Waals surface area (Å²) in [5, 5.41) is 18.6. The lowest BCUT2D eigenvalue weighted by Gasteiger charge is -2.39. The molecule has 1 aromatic carbocycles. The molecule has 11 heteroatoms. The van der Waals surface area contributed by atoms with Gasteiger partial charge in [0.2, 0.25) is 27.8 Å². The minimum Gasteiger partial charge on any atom is -0.421 e.